The van der Waals surface area contributed by atoms with Crippen LogP contribution >= 0.6 is 11.8 Å². The van der Waals surface area contributed by atoms with E-state index in [4.69, 9.17) is 4.74 Å². The number of ether oxygens (including phenoxy) is 1. The van der Waals surface area contributed by atoms with Crippen LogP contribution in [-0.2, 0) is 16.0 Å². The van der Waals surface area contributed by atoms with E-state index in [9.17, 15) is 9.59 Å². The third-order valence-electron chi connectivity index (χ3n) is 5.40. The number of rotatable bonds is 7. The van der Waals surface area contributed by atoms with Gasteiger partial charge < -0.3 is 4.74 Å². The highest BCUT2D eigenvalue weighted by Gasteiger charge is 2.33. The van der Waals surface area contributed by atoms with E-state index in [1.54, 1.807) is 11.8 Å². The molecule has 1 aliphatic heterocycles. The van der Waals surface area contributed by atoms with Gasteiger partial charge in [-0.2, -0.15) is 0 Å². The van der Waals surface area contributed by atoms with E-state index in [1.165, 1.54) is 37.7 Å². The fourth-order valence-electron chi connectivity index (χ4n) is 3.77. The number of benzene rings is 1. The van der Waals surface area contributed by atoms with E-state index in [-0.39, 0.29) is 17.1 Å². The maximum Gasteiger partial charge on any atom is 0.213 e. The lowest BCUT2D eigenvalue weighted by Gasteiger charge is -2.33. The summed E-state index contributed by atoms with van der Waals surface area (Å²) in [5, 5.41) is 3.22. The standard InChI is InChI=1S/C20H27NO3S/c1-20(9-3-2-4-10-20)13-24-16-7-5-15(6-8-16)11-18-19(17(23)12-22)21-14-25-18/h5-8,12,18-19,21H,2-4,9-11,13-14H2,1H3. The van der Waals surface area contributed by atoms with Crippen LogP contribution in [-0.4, -0.2) is 35.8 Å². The predicted octanol–water partition coefficient (Wildman–Crippen LogP) is 3.38. The first kappa shape index (κ1) is 18.5. The molecule has 2 unspecified atom stereocenters. The molecule has 2 atom stereocenters. The average Bonchev–Trinajstić information content (AvgIpc) is 3.09. The van der Waals surface area contributed by atoms with E-state index in [0.717, 1.165) is 18.8 Å². The number of hydrogen-bond acceptors (Lipinski definition) is 5. The summed E-state index contributed by atoms with van der Waals surface area (Å²) in [4.78, 5) is 22.4. The Morgan fingerprint density at radius 3 is 2.68 bits per heavy atom. The number of nitrogens with one attached hydrogen (secondary N) is 1. The minimum absolute atomic E-state index is 0.116. The fourth-order valence-corrected chi connectivity index (χ4v) is 4.99. The molecule has 1 aromatic rings. The smallest absolute Gasteiger partial charge is 0.213 e. The van der Waals surface area contributed by atoms with E-state index in [1.807, 2.05) is 12.1 Å². The molecule has 25 heavy (non-hydrogen) atoms. The summed E-state index contributed by atoms with van der Waals surface area (Å²) in [5.41, 5.74) is 1.48. The van der Waals surface area contributed by atoms with Crippen molar-refractivity contribution in [3.8, 4) is 5.75 Å². The van der Waals surface area contributed by atoms with Crippen LogP contribution < -0.4 is 10.1 Å². The van der Waals surface area contributed by atoms with Gasteiger partial charge in [-0.1, -0.05) is 38.3 Å². The zero-order valence-corrected chi connectivity index (χ0v) is 15.6. The molecule has 1 aliphatic carbocycles. The van der Waals surface area contributed by atoms with Crippen LogP contribution in [0.4, 0.5) is 0 Å². The third-order valence-corrected chi connectivity index (χ3v) is 6.60. The van der Waals surface area contributed by atoms with Crippen LogP contribution in [0.2, 0.25) is 0 Å². The minimum atomic E-state index is -0.357. The Hall–Kier alpha value is -1.33. The first-order valence-electron chi connectivity index (χ1n) is 9.15. The maximum atomic E-state index is 11.7. The van der Waals surface area contributed by atoms with E-state index < -0.39 is 0 Å². The number of carbonyl (C=O) groups excluding carboxylic acids is 2. The molecule has 0 radical (unpaired) electrons. The Balaban J connectivity index is 1.53. The van der Waals surface area contributed by atoms with Gasteiger partial charge in [-0.05, 0) is 37.0 Å². The van der Waals surface area contributed by atoms with E-state index in [2.05, 4.69) is 24.4 Å². The van der Waals surface area contributed by atoms with Crippen molar-refractivity contribution < 1.29 is 14.3 Å². The van der Waals surface area contributed by atoms with E-state index in [0.29, 0.717) is 17.6 Å². The van der Waals surface area contributed by atoms with Gasteiger partial charge >= 0.3 is 0 Å². The summed E-state index contributed by atoms with van der Waals surface area (Å²) < 4.78 is 6.03. The summed E-state index contributed by atoms with van der Waals surface area (Å²) in [6, 6.07) is 7.82. The Kier molecular flexibility index (Phi) is 6.18. The van der Waals surface area contributed by atoms with Gasteiger partial charge in [0.15, 0.2) is 6.29 Å². The SMILES string of the molecule is CC1(COc2ccc(CC3SCNC3C(=O)C=O)cc2)CCCCC1. The summed E-state index contributed by atoms with van der Waals surface area (Å²) in [6.07, 6.45) is 7.69. The van der Waals surface area contributed by atoms with Crippen LogP contribution in [0.1, 0.15) is 44.6 Å². The second kappa shape index (κ2) is 8.37. The second-order valence-electron chi connectivity index (χ2n) is 7.56. The summed E-state index contributed by atoms with van der Waals surface area (Å²) in [7, 11) is 0. The number of ketones is 1. The van der Waals surface area contributed by atoms with Crippen LogP contribution in [0.25, 0.3) is 0 Å². The number of carbonyl (C=O) groups is 2. The predicted molar refractivity (Wildman–Crippen MR) is 101 cm³/mol. The van der Waals surface area contributed by atoms with Gasteiger partial charge in [0.25, 0.3) is 0 Å². The highest BCUT2D eigenvalue weighted by molar-refractivity contribution is 8.00. The zero-order valence-electron chi connectivity index (χ0n) is 14.8. The van der Waals surface area contributed by atoms with Gasteiger partial charge in [0, 0.05) is 16.5 Å². The molecule has 2 aliphatic rings. The Bertz CT molecular complexity index is 595. The largest absolute Gasteiger partial charge is 0.493 e. The molecule has 1 saturated carbocycles. The molecule has 0 bridgehead atoms. The monoisotopic (exact) mass is 361 g/mol. The number of Topliss-reactive ketones (excluding diaryl/α,β-unsaturated/α-hetero) is 1. The molecular weight excluding hydrogens is 334 g/mol. The van der Waals surface area contributed by atoms with Crippen LogP contribution in [0, 0.1) is 5.41 Å². The first-order valence-corrected chi connectivity index (χ1v) is 10.2. The van der Waals surface area contributed by atoms with Gasteiger partial charge in [-0.25, -0.2) is 0 Å². The Labute approximate surface area is 154 Å². The van der Waals surface area contributed by atoms with Crippen LogP contribution in [0.5, 0.6) is 5.75 Å². The third kappa shape index (κ3) is 4.85. The molecule has 1 aromatic carbocycles. The molecule has 136 valence electrons. The van der Waals surface area contributed by atoms with Gasteiger partial charge in [0.1, 0.15) is 5.75 Å². The molecule has 1 saturated heterocycles. The van der Waals surface area contributed by atoms with Crippen molar-refractivity contribution in [3.63, 3.8) is 0 Å². The molecule has 3 rings (SSSR count). The first-order chi connectivity index (χ1) is 12.1. The second-order valence-corrected chi connectivity index (χ2v) is 8.79. The lowest BCUT2D eigenvalue weighted by atomic mass is 9.76. The van der Waals surface area contributed by atoms with Crippen molar-refractivity contribution in [2.45, 2.75) is 56.7 Å². The van der Waals surface area contributed by atoms with E-state index >= 15 is 0 Å². The molecule has 2 fully saturated rings. The summed E-state index contributed by atoms with van der Waals surface area (Å²) in [6.45, 7) is 3.11. The molecule has 0 amide bonds. The Morgan fingerprint density at radius 2 is 2.00 bits per heavy atom. The van der Waals surface area contributed by atoms with Crippen molar-refractivity contribution in [1.29, 1.82) is 0 Å². The Morgan fingerprint density at radius 1 is 1.28 bits per heavy atom. The van der Waals surface area contributed by atoms with Crippen LogP contribution in [0.3, 0.4) is 0 Å². The van der Waals surface area contributed by atoms with Crippen molar-refractivity contribution in [3.05, 3.63) is 29.8 Å². The highest BCUT2D eigenvalue weighted by atomic mass is 32.2. The van der Waals surface area contributed by atoms with Gasteiger partial charge in [0.2, 0.25) is 5.78 Å². The van der Waals surface area contributed by atoms with Gasteiger partial charge in [-0.3, -0.25) is 14.9 Å². The number of thioether (sulfide) groups is 1. The fraction of sp³-hybridized carbons (Fsp3) is 0.600. The molecule has 4 nitrogen and oxygen atoms in total. The molecule has 0 spiro atoms. The highest BCUT2D eigenvalue weighted by Crippen LogP contribution is 2.36. The maximum absolute atomic E-state index is 11.7. The lowest BCUT2D eigenvalue weighted by Crippen LogP contribution is -2.39. The van der Waals surface area contributed by atoms with Gasteiger partial charge in [-0.15, -0.1) is 11.8 Å². The normalized spacial score (nSPS) is 25.5. The topological polar surface area (TPSA) is 55.4 Å². The molecular formula is C20H27NO3S. The minimum Gasteiger partial charge on any atom is -0.493 e. The summed E-state index contributed by atoms with van der Waals surface area (Å²) in [5.74, 6) is 1.28. The summed E-state index contributed by atoms with van der Waals surface area (Å²) >= 11 is 1.70. The van der Waals surface area contributed by atoms with Gasteiger partial charge in [0.05, 0.1) is 12.6 Å². The van der Waals surface area contributed by atoms with Crippen LogP contribution in [0.15, 0.2) is 24.3 Å². The number of hydrogen-bond donors (Lipinski definition) is 1. The number of aldehydes is 1. The quantitative estimate of drug-likeness (QED) is 0.596. The molecule has 5 heteroatoms. The molecule has 0 aromatic heterocycles. The van der Waals surface area contributed by atoms with Crippen molar-refractivity contribution in [2.24, 2.45) is 5.41 Å². The lowest BCUT2D eigenvalue weighted by molar-refractivity contribution is -0.131. The zero-order chi connectivity index (χ0) is 17.7. The van der Waals surface area contributed by atoms with Crippen molar-refractivity contribution in [2.75, 3.05) is 12.5 Å². The van der Waals surface area contributed by atoms with Crippen molar-refractivity contribution >= 4 is 23.8 Å². The molecule has 1 N–H and O–H groups in total. The average molecular weight is 362 g/mol. The van der Waals surface area contributed by atoms with Crippen molar-refractivity contribution in [1.82, 2.24) is 5.32 Å². The molecule has 1 heterocycles.